The molecule has 0 radical (unpaired) electrons. The predicted octanol–water partition coefficient (Wildman–Crippen LogP) is 5.46. The van der Waals surface area contributed by atoms with Gasteiger partial charge in [-0.2, -0.15) is 0 Å². The number of carbonyl (C=O) groups excluding carboxylic acids is 2. The molecule has 5 rings (SSSR count). The van der Waals surface area contributed by atoms with Crippen molar-refractivity contribution in [2.24, 2.45) is 0 Å². The molecule has 10 nitrogen and oxygen atoms in total. The Morgan fingerprint density at radius 1 is 1.07 bits per heavy atom. The Hall–Kier alpha value is -4.39. The van der Waals surface area contributed by atoms with Crippen molar-refractivity contribution in [2.45, 2.75) is 38.2 Å². The maximum Gasteiger partial charge on any atom is 0.325 e. The van der Waals surface area contributed by atoms with Crippen molar-refractivity contribution in [1.29, 1.82) is 0 Å². The van der Waals surface area contributed by atoms with Crippen molar-refractivity contribution >= 4 is 40.0 Å². The molecule has 1 fully saturated rings. The third-order valence-corrected chi connectivity index (χ3v) is 8.17. The molecule has 4 aromatic rings. The van der Waals surface area contributed by atoms with Crippen molar-refractivity contribution in [2.75, 3.05) is 56.7 Å². The maximum absolute atomic E-state index is 13.2. The van der Waals surface area contributed by atoms with Crippen LogP contribution in [0.25, 0.3) is 10.9 Å². The lowest BCUT2D eigenvalue weighted by Gasteiger charge is -2.32. The Labute approximate surface area is 267 Å². The van der Waals surface area contributed by atoms with E-state index in [1.165, 1.54) is 10.1 Å². The standard InChI is InChI=1S/C34H40F2N6O4/c1-23(43)21-40-14-10-25(11-15-40)24-3-5-26(6-4-24)33(44)39-32-20-29(9-13-38-32)41(17-18-46-22-31(35)36)28-7-8-30-27(19-28)12-16-42(30)34(45)37-2/h3-9,12-13,16,19-20,23,25,31,43H,10-11,14-15,17-18,21-22H2,1-2H3,(H,37,45)(H,38,39,44)/t23-/m0/s1. The summed E-state index contributed by atoms with van der Waals surface area (Å²) in [7, 11) is 1.56. The fraction of sp³-hybridized carbons (Fsp3) is 0.382. The summed E-state index contributed by atoms with van der Waals surface area (Å²) in [6.07, 6.45) is 2.36. The normalized spacial score (nSPS) is 14.8. The number of nitrogens with zero attached hydrogens (tertiary/aromatic N) is 4. The molecule has 244 valence electrons. The van der Waals surface area contributed by atoms with E-state index in [4.69, 9.17) is 4.74 Å². The summed E-state index contributed by atoms with van der Waals surface area (Å²) in [4.78, 5) is 33.9. The average molecular weight is 635 g/mol. The lowest BCUT2D eigenvalue weighted by Crippen LogP contribution is -2.37. The number of carbonyl (C=O) groups is 2. The van der Waals surface area contributed by atoms with Crippen LogP contribution < -0.4 is 15.5 Å². The highest BCUT2D eigenvalue weighted by atomic mass is 19.3. The summed E-state index contributed by atoms with van der Waals surface area (Å²) in [5, 5.41) is 16.0. The van der Waals surface area contributed by atoms with Crippen LogP contribution in [-0.4, -0.2) is 90.5 Å². The number of benzene rings is 2. The number of fused-ring (bicyclic) bond motifs is 1. The molecule has 2 aromatic carbocycles. The molecule has 2 aromatic heterocycles. The van der Waals surface area contributed by atoms with Gasteiger partial charge in [-0.15, -0.1) is 0 Å². The number of amides is 2. The highest BCUT2D eigenvalue weighted by Gasteiger charge is 2.22. The Morgan fingerprint density at radius 3 is 2.50 bits per heavy atom. The number of rotatable bonds is 12. The molecular formula is C34H40F2N6O4. The van der Waals surface area contributed by atoms with Crippen LogP contribution in [0.3, 0.4) is 0 Å². The summed E-state index contributed by atoms with van der Waals surface area (Å²) >= 11 is 0. The summed E-state index contributed by atoms with van der Waals surface area (Å²) in [6, 6.07) is 18.3. The molecular weight excluding hydrogens is 594 g/mol. The van der Waals surface area contributed by atoms with Gasteiger partial charge in [-0.3, -0.25) is 9.36 Å². The number of piperidine rings is 1. The maximum atomic E-state index is 13.2. The van der Waals surface area contributed by atoms with Crippen LogP contribution in [-0.2, 0) is 4.74 Å². The summed E-state index contributed by atoms with van der Waals surface area (Å²) in [5.41, 5.74) is 3.84. The molecule has 0 unspecified atom stereocenters. The second kappa shape index (κ2) is 15.3. The first kappa shape index (κ1) is 33.0. The van der Waals surface area contributed by atoms with E-state index in [9.17, 15) is 23.5 Å². The highest BCUT2D eigenvalue weighted by Crippen LogP contribution is 2.31. The van der Waals surface area contributed by atoms with Gasteiger partial charge in [0.05, 0.1) is 18.2 Å². The molecule has 12 heteroatoms. The van der Waals surface area contributed by atoms with Gasteiger partial charge in [-0.25, -0.2) is 18.6 Å². The predicted molar refractivity (Wildman–Crippen MR) is 174 cm³/mol. The molecule has 3 N–H and O–H groups in total. The second-order valence-corrected chi connectivity index (χ2v) is 11.5. The topological polar surface area (TPSA) is 112 Å². The van der Waals surface area contributed by atoms with Crippen molar-refractivity contribution in [1.82, 2.24) is 19.8 Å². The monoisotopic (exact) mass is 634 g/mol. The fourth-order valence-corrected chi connectivity index (χ4v) is 5.90. The number of alkyl halides is 2. The van der Waals surface area contributed by atoms with Crippen LogP contribution >= 0.6 is 0 Å². The zero-order valence-corrected chi connectivity index (χ0v) is 26.0. The molecule has 1 atom stereocenters. The van der Waals surface area contributed by atoms with Gasteiger partial charge in [-0.1, -0.05) is 12.1 Å². The number of halogens is 2. The molecule has 0 saturated carbocycles. The Kier molecular flexibility index (Phi) is 10.9. The van der Waals surface area contributed by atoms with E-state index in [1.54, 1.807) is 31.6 Å². The van der Waals surface area contributed by atoms with E-state index in [0.717, 1.165) is 37.0 Å². The van der Waals surface area contributed by atoms with Crippen LogP contribution in [0.15, 0.2) is 73.1 Å². The zero-order valence-electron chi connectivity index (χ0n) is 26.0. The average Bonchev–Trinajstić information content (AvgIpc) is 3.48. The van der Waals surface area contributed by atoms with E-state index in [-0.39, 0.29) is 31.2 Å². The second-order valence-electron chi connectivity index (χ2n) is 11.5. The van der Waals surface area contributed by atoms with E-state index < -0.39 is 13.0 Å². The number of likely N-dealkylation sites (tertiary alicyclic amines) is 1. The third kappa shape index (κ3) is 8.25. The number of anilines is 3. The number of nitrogens with one attached hydrogen (secondary N) is 2. The molecule has 1 aliphatic rings. The minimum atomic E-state index is -2.57. The molecule has 2 amide bonds. The lowest BCUT2D eigenvalue weighted by atomic mass is 9.89. The molecule has 0 bridgehead atoms. The Balaban J connectivity index is 1.29. The van der Waals surface area contributed by atoms with E-state index in [0.29, 0.717) is 35.0 Å². The summed E-state index contributed by atoms with van der Waals surface area (Å²) in [5.74, 6) is 0.451. The minimum absolute atomic E-state index is 0.0393. The molecule has 46 heavy (non-hydrogen) atoms. The first-order chi connectivity index (χ1) is 22.2. The molecule has 1 saturated heterocycles. The molecule has 3 heterocycles. The number of pyridine rings is 1. The third-order valence-electron chi connectivity index (χ3n) is 8.17. The van der Waals surface area contributed by atoms with Gasteiger partial charge in [0.25, 0.3) is 12.3 Å². The number of ether oxygens (including phenoxy) is 1. The smallest absolute Gasteiger partial charge is 0.325 e. The van der Waals surface area contributed by atoms with E-state index >= 15 is 0 Å². The fourth-order valence-electron chi connectivity index (χ4n) is 5.90. The molecule has 0 spiro atoms. The minimum Gasteiger partial charge on any atom is -0.392 e. The lowest BCUT2D eigenvalue weighted by molar-refractivity contribution is 0.0206. The number of hydrogen-bond donors (Lipinski definition) is 3. The van der Waals surface area contributed by atoms with Gasteiger partial charge in [0.15, 0.2) is 0 Å². The number of aliphatic hydroxyl groups excluding tert-OH is 1. The van der Waals surface area contributed by atoms with Crippen LogP contribution in [0.2, 0.25) is 0 Å². The summed E-state index contributed by atoms with van der Waals surface area (Å²) in [6.45, 7) is 4.00. The Morgan fingerprint density at radius 2 is 1.80 bits per heavy atom. The summed E-state index contributed by atoms with van der Waals surface area (Å²) < 4.78 is 32.1. The van der Waals surface area contributed by atoms with Gasteiger partial charge in [-0.05, 0) is 86.8 Å². The number of β-amino-alcohol motifs (C(OH)–C–C–N with tert-alkyl or cyclic N) is 1. The highest BCUT2D eigenvalue weighted by molar-refractivity contribution is 6.04. The van der Waals surface area contributed by atoms with Crippen LogP contribution in [0, 0.1) is 0 Å². The number of aliphatic hydroxyl groups is 1. The van der Waals surface area contributed by atoms with Crippen LogP contribution in [0.1, 0.15) is 41.6 Å². The number of hydrogen-bond acceptors (Lipinski definition) is 7. The molecule has 1 aliphatic heterocycles. The first-order valence-electron chi connectivity index (χ1n) is 15.5. The van der Waals surface area contributed by atoms with Gasteiger partial charge in [0, 0.05) is 60.9 Å². The first-order valence-corrected chi connectivity index (χ1v) is 15.5. The van der Waals surface area contributed by atoms with Crippen molar-refractivity contribution < 1.29 is 28.2 Å². The van der Waals surface area contributed by atoms with Crippen molar-refractivity contribution in [3.05, 3.63) is 84.2 Å². The number of aromatic nitrogens is 2. The molecule has 0 aliphatic carbocycles. The Bertz CT molecular complexity index is 1620. The van der Waals surface area contributed by atoms with Crippen LogP contribution in [0.4, 0.5) is 30.8 Å². The quantitative estimate of drug-likeness (QED) is 0.178. The van der Waals surface area contributed by atoms with Crippen molar-refractivity contribution in [3.63, 3.8) is 0 Å². The largest absolute Gasteiger partial charge is 0.392 e. The zero-order chi connectivity index (χ0) is 32.6. The van der Waals surface area contributed by atoms with Gasteiger partial charge in [0.1, 0.15) is 12.4 Å². The van der Waals surface area contributed by atoms with E-state index in [1.807, 2.05) is 60.4 Å². The van der Waals surface area contributed by atoms with Crippen LogP contribution in [0.5, 0.6) is 0 Å². The van der Waals surface area contributed by atoms with Gasteiger partial charge >= 0.3 is 6.03 Å². The van der Waals surface area contributed by atoms with E-state index in [2.05, 4.69) is 20.5 Å². The SMILES string of the molecule is CNC(=O)n1ccc2cc(N(CCOCC(F)F)c3ccnc(NC(=O)c4ccc(C5CCN(C[C@H](C)O)CC5)cc4)c3)ccc21. The van der Waals surface area contributed by atoms with Gasteiger partial charge < -0.3 is 30.3 Å². The van der Waals surface area contributed by atoms with Gasteiger partial charge in [0.2, 0.25) is 0 Å². The van der Waals surface area contributed by atoms with Crippen molar-refractivity contribution in [3.8, 4) is 0 Å².